The Morgan fingerprint density at radius 3 is 2.81 bits per heavy atom. The number of likely N-dealkylation sites (N-methyl/N-ethyl adjacent to an activating group) is 1. The summed E-state index contributed by atoms with van der Waals surface area (Å²) in [5, 5.41) is 2.94. The van der Waals surface area contributed by atoms with Crippen LogP contribution in [0.2, 0.25) is 0 Å². The first-order valence-electron chi connectivity index (χ1n) is 7.74. The molecule has 5 nitrogen and oxygen atoms in total. The summed E-state index contributed by atoms with van der Waals surface area (Å²) < 4.78 is 4.68. The maximum atomic E-state index is 11.8. The average molecular weight is 296 g/mol. The Hall–Kier alpha value is -1.36. The highest BCUT2D eigenvalue weighted by atomic mass is 16.5. The number of hydrogen-bond donors (Lipinski definition) is 1. The van der Waals surface area contributed by atoms with Crippen LogP contribution in [-0.4, -0.2) is 50.6 Å². The van der Waals surface area contributed by atoms with Crippen molar-refractivity contribution in [3.8, 4) is 0 Å². The maximum Gasteiger partial charge on any atom is 0.309 e. The van der Waals surface area contributed by atoms with Crippen LogP contribution in [0.5, 0.6) is 0 Å². The van der Waals surface area contributed by atoms with Crippen LogP contribution in [-0.2, 0) is 14.3 Å². The summed E-state index contributed by atoms with van der Waals surface area (Å²) in [5.74, 6) is -0.460. The molecule has 1 amide bonds. The van der Waals surface area contributed by atoms with Crippen molar-refractivity contribution in [3.05, 3.63) is 11.6 Å². The zero-order chi connectivity index (χ0) is 15.7. The third kappa shape index (κ3) is 7.27. The third-order valence-electron chi connectivity index (χ3n) is 3.76. The predicted octanol–water partition coefficient (Wildman–Crippen LogP) is 1.73. The number of allylic oxidation sites excluding steroid dienone is 1. The van der Waals surface area contributed by atoms with E-state index in [1.54, 1.807) is 6.92 Å². The molecule has 1 unspecified atom stereocenters. The summed E-state index contributed by atoms with van der Waals surface area (Å²) in [6, 6.07) is 0. The number of carbonyl (C=O) groups is 2. The second-order valence-electron chi connectivity index (χ2n) is 5.83. The van der Waals surface area contributed by atoms with E-state index in [1.807, 2.05) is 11.9 Å². The lowest BCUT2D eigenvalue weighted by atomic mass is 9.97. The zero-order valence-electron chi connectivity index (χ0n) is 13.5. The molecule has 0 aromatic heterocycles. The standard InChI is InChI=1S/C16H28N2O3/c1-13(16(20)21-3)11-18(2)12-15(19)17-10-9-14-7-5-4-6-8-14/h7,13H,4-6,8-12H2,1-3H3,(H,17,19). The largest absolute Gasteiger partial charge is 0.469 e. The number of esters is 1. The van der Waals surface area contributed by atoms with Crippen LogP contribution in [0.25, 0.3) is 0 Å². The van der Waals surface area contributed by atoms with Gasteiger partial charge >= 0.3 is 5.97 Å². The van der Waals surface area contributed by atoms with Crippen LogP contribution in [0.3, 0.4) is 0 Å². The minimum atomic E-state index is -0.244. The second-order valence-corrected chi connectivity index (χ2v) is 5.83. The first kappa shape index (κ1) is 17.7. The summed E-state index contributed by atoms with van der Waals surface area (Å²) in [4.78, 5) is 25.0. The van der Waals surface area contributed by atoms with Crippen LogP contribution in [0.4, 0.5) is 0 Å². The van der Waals surface area contributed by atoms with Crippen LogP contribution >= 0.6 is 0 Å². The van der Waals surface area contributed by atoms with Crippen LogP contribution < -0.4 is 5.32 Å². The van der Waals surface area contributed by atoms with E-state index in [1.165, 1.54) is 38.4 Å². The number of nitrogens with zero attached hydrogens (tertiary/aromatic N) is 1. The summed E-state index contributed by atoms with van der Waals surface area (Å²) in [6.07, 6.45) is 8.17. The molecule has 1 atom stereocenters. The van der Waals surface area contributed by atoms with Crippen molar-refractivity contribution in [2.24, 2.45) is 5.92 Å². The number of carbonyl (C=O) groups excluding carboxylic acids is 2. The molecular weight excluding hydrogens is 268 g/mol. The van der Waals surface area contributed by atoms with E-state index in [9.17, 15) is 9.59 Å². The lowest BCUT2D eigenvalue weighted by Crippen LogP contribution is -2.38. The molecule has 1 aliphatic rings. The predicted molar refractivity (Wildman–Crippen MR) is 82.9 cm³/mol. The smallest absolute Gasteiger partial charge is 0.309 e. The summed E-state index contributed by atoms with van der Waals surface area (Å²) in [5.41, 5.74) is 1.47. The fourth-order valence-corrected chi connectivity index (χ4v) is 2.60. The Labute approximate surface area is 127 Å². The molecular formula is C16H28N2O3. The normalized spacial score (nSPS) is 16.3. The molecule has 1 aliphatic carbocycles. The summed E-state index contributed by atoms with van der Waals surface area (Å²) in [7, 11) is 3.22. The molecule has 0 fully saturated rings. The van der Waals surface area contributed by atoms with Crippen molar-refractivity contribution in [1.82, 2.24) is 10.2 Å². The van der Waals surface area contributed by atoms with Crippen molar-refractivity contribution in [2.45, 2.75) is 39.0 Å². The van der Waals surface area contributed by atoms with Crippen LogP contribution in [0.15, 0.2) is 11.6 Å². The molecule has 5 heteroatoms. The molecule has 0 radical (unpaired) electrons. The van der Waals surface area contributed by atoms with Gasteiger partial charge in [-0.2, -0.15) is 0 Å². The number of ether oxygens (including phenoxy) is 1. The Kier molecular flexibility index (Phi) is 8.05. The van der Waals surface area contributed by atoms with Crippen molar-refractivity contribution in [3.63, 3.8) is 0 Å². The highest BCUT2D eigenvalue weighted by Gasteiger charge is 2.16. The first-order valence-corrected chi connectivity index (χ1v) is 7.74. The molecule has 0 aliphatic heterocycles. The topological polar surface area (TPSA) is 58.6 Å². The Morgan fingerprint density at radius 2 is 2.19 bits per heavy atom. The minimum Gasteiger partial charge on any atom is -0.469 e. The molecule has 120 valence electrons. The van der Waals surface area contributed by atoms with Gasteiger partial charge in [0.05, 0.1) is 19.6 Å². The monoisotopic (exact) mass is 296 g/mol. The van der Waals surface area contributed by atoms with E-state index < -0.39 is 0 Å². The van der Waals surface area contributed by atoms with Gasteiger partial charge in [0.25, 0.3) is 0 Å². The average Bonchev–Trinajstić information content (AvgIpc) is 2.47. The molecule has 1 N–H and O–H groups in total. The molecule has 0 heterocycles. The van der Waals surface area contributed by atoms with Crippen molar-refractivity contribution < 1.29 is 14.3 Å². The van der Waals surface area contributed by atoms with Gasteiger partial charge in [-0.15, -0.1) is 0 Å². The van der Waals surface area contributed by atoms with Gasteiger partial charge in [-0.05, 0) is 39.2 Å². The number of methoxy groups -OCH3 is 1. The molecule has 0 spiro atoms. The quantitative estimate of drug-likeness (QED) is 0.547. The molecule has 0 aromatic rings. The number of rotatable bonds is 8. The van der Waals surface area contributed by atoms with E-state index >= 15 is 0 Å². The second kappa shape index (κ2) is 9.55. The van der Waals surface area contributed by atoms with Crippen LogP contribution in [0, 0.1) is 5.92 Å². The van der Waals surface area contributed by atoms with Gasteiger partial charge in [0.1, 0.15) is 0 Å². The van der Waals surface area contributed by atoms with E-state index in [4.69, 9.17) is 0 Å². The molecule has 1 rings (SSSR count). The van der Waals surface area contributed by atoms with Crippen molar-refractivity contribution in [2.75, 3.05) is 33.8 Å². The van der Waals surface area contributed by atoms with Gasteiger partial charge in [-0.3, -0.25) is 14.5 Å². The lowest BCUT2D eigenvalue weighted by Gasteiger charge is -2.19. The fraction of sp³-hybridized carbons (Fsp3) is 0.750. The van der Waals surface area contributed by atoms with E-state index in [-0.39, 0.29) is 17.8 Å². The maximum absolute atomic E-state index is 11.8. The number of nitrogens with one attached hydrogen (secondary N) is 1. The van der Waals surface area contributed by atoms with E-state index in [0.29, 0.717) is 19.6 Å². The van der Waals surface area contributed by atoms with Crippen molar-refractivity contribution in [1.29, 1.82) is 0 Å². The van der Waals surface area contributed by atoms with Gasteiger partial charge in [-0.25, -0.2) is 0 Å². The molecule has 0 saturated heterocycles. The van der Waals surface area contributed by atoms with Crippen molar-refractivity contribution >= 4 is 11.9 Å². The Balaban J connectivity index is 2.17. The Morgan fingerprint density at radius 1 is 1.43 bits per heavy atom. The number of hydrogen-bond acceptors (Lipinski definition) is 4. The third-order valence-corrected chi connectivity index (χ3v) is 3.76. The van der Waals surface area contributed by atoms with Crippen LogP contribution in [0.1, 0.15) is 39.0 Å². The molecule has 0 bridgehead atoms. The SMILES string of the molecule is COC(=O)C(C)CN(C)CC(=O)NCCC1=CCCCC1. The van der Waals surface area contributed by atoms with Gasteiger partial charge in [0, 0.05) is 13.1 Å². The van der Waals surface area contributed by atoms with E-state index in [0.717, 1.165) is 6.42 Å². The molecule has 0 aromatic carbocycles. The number of amides is 1. The van der Waals surface area contributed by atoms with Gasteiger partial charge in [0.2, 0.25) is 5.91 Å². The molecule has 0 saturated carbocycles. The van der Waals surface area contributed by atoms with Gasteiger partial charge in [0.15, 0.2) is 0 Å². The highest BCUT2D eigenvalue weighted by Crippen LogP contribution is 2.19. The Bertz CT molecular complexity index is 380. The lowest BCUT2D eigenvalue weighted by molar-refractivity contribution is -0.145. The minimum absolute atomic E-state index is 0.00553. The summed E-state index contributed by atoms with van der Waals surface area (Å²) in [6.45, 7) is 3.33. The first-order chi connectivity index (χ1) is 10.0. The summed E-state index contributed by atoms with van der Waals surface area (Å²) >= 11 is 0. The van der Waals surface area contributed by atoms with Gasteiger partial charge in [-0.1, -0.05) is 18.6 Å². The molecule has 21 heavy (non-hydrogen) atoms. The zero-order valence-corrected chi connectivity index (χ0v) is 13.5. The van der Waals surface area contributed by atoms with Gasteiger partial charge < -0.3 is 10.1 Å². The fourth-order valence-electron chi connectivity index (χ4n) is 2.60. The van der Waals surface area contributed by atoms with E-state index in [2.05, 4.69) is 16.1 Å². The highest BCUT2D eigenvalue weighted by molar-refractivity contribution is 5.78.